The van der Waals surface area contributed by atoms with Crippen LogP contribution in [0.2, 0.25) is 0 Å². The van der Waals surface area contributed by atoms with Gasteiger partial charge in [0, 0.05) is 10.6 Å². The van der Waals surface area contributed by atoms with E-state index >= 15 is 0 Å². The molecule has 21 heavy (non-hydrogen) atoms. The number of carbonyl (C=O) groups is 2. The van der Waals surface area contributed by atoms with E-state index in [4.69, 9.17) is 5.73 Å². The van der Waals surface area contributed by atoms with E-state index in [1.54, 1.807) is 11.6 Å². The summed E-state index contributed by atoms with van der Waals surface area (Å²) in [4.78, 5) is 29.7. The van der Waals surface area contributed by atoms with E-state index in [2.05, 4.69) is 4.98 Å². The van der Waals surface area contributed by atoms with Crippen molar-refractivity contribution in [3.8, 4) is 0 Å². The average molecular weight is 323 g/mol. The number of carboxylic acid groups (broad SMARTS) is 1. The maximum absolute atomic E-state index is 11.8. The summed E-state index contributed by atoms with van der Waals surface area (Å²) in [5.74, 6) is -0.899. The largest absolute Gasteiger partial charge is 0.477 e. The standard InChI is InChI=1S/C13H13N3O3S2/c1-6-8(21-5-15-6)3-2-7-4-20-12-9(14)11(17)16(12)10(7)13(18)19/h2-3,5,9,12H,4,14H2,1H3,(H,18,19)/t9-,12-/m1/s1. The van der Waals surface area contributed by atoms with Crippen molar-refractivity contribution in [2.75, 3.05) is 5.75 Å². The Hall–Kier alpha value is -1.64. The Labute approximate surface area is 129 Å². The van der Waals surface area contributed by atoms with Crippen molar-refractivity contribution in [2.45, 2.75) is 18.3 Å². The number of nitrogens with two attached hydrogens (primary N) is 1. The van der Waals surface area contributed by atoms with Crippen molar-refractivity contribution in [1.29, 1.82) is 0 Å². The molecule has 3 rings (SSSR count). The van der Waals surface area contributed by atoms with Gasteiger partial charge >= 0.3 is 5.97 Å². The zero-order chi connectivity index (χ0) is 15.1. The number of carbonyl (C=O) groups excluding carboxylic acids is 1. The number of aliphatic carboxylic acids is 1. The molecule has 2 aliphatic rings. The van der Waals surface area contributed by atoms with Crippen LogP contribution in [0.5, 0.6) is 0 Å². The molecule has 0 aromatic carbocycles. The summed E-state index contributed by atoms with van der Waals surface area (Å²) in [5, 5.41) is 9.14. The topological polar surface area (TPSA) is 96.5 Å². The van der Waals surface area contributed by atoms with Gasteiger partial charge in [0.2, 0.25) is 5.91 Å². The van der Waals surface area contributed by atoms with E-state index in [0.29, 0.717) is 11.3 Å². The molecule has 3 N–H and O–H groups in total. The van der Waals surface area contributed by atoms with E-state index in [-0.39, 0.29) is 17.0 Å². The van der Waals surface area contributed by atoms with Crippen LogP contribution in [-0.4, -0.2) is 44.0 Å². The molecular formula is C13H13N3O3S2. The number of rotatable bonds is 3. The molecule has 2 aliphatic heterocycles. The van der Waals surface area contributed by atoms with Gasteiger partial charge in [-0.3, -0.25) is 9.69 Å². The molecule has 2 atom stereocenters. The molecule has 1 saturated heterocycles. The van der Waals surface area contributed by atoms with Gasteiger partial charge in [-0.05, 0) is 18.6 Å². The van der Waals surface area contributed by atoms with Crippen LogP contribution in [0.15, 0.2) is 22.9 Å². The SMILES string of the molecule is Cc1ncsc1C=CC1=C(C(=O)O)N2C(=O)[C@@H](N)[C@H]2SC1. The number of aromatic nitrogens is 1. The number of hydrogen-bond acceptors (Lipinski definition) is 6. The fourth-order valence-corrected chi connectivity index (χ4v) is 4.27. The highest BCUT2D eigenvalue weighted by atomic mass is 32.2. The minimum absolute atomic E-state index is 0.0452. The number of thioether (sulfide) groups is 1. The Bertz CT molecular complexity index is 680. The van der Waals surface area contributed by atoms with E-state index < -0.39 is 12.0 Å². The first-order valence-corrected chi connectivity index (χ1v) is 8.18. The van der Waals surface area contributed by atoms with Crippen LogP contribution in [-0.2, 0) is 9.59 Å². The highest BCUT2D eigenvalue weighted by Crippen LogP contribution is 2.39. The number of fused-ring (bicyclic) bond motifs is 1. The lowest BCUT2D eigenvalue weighted by Gasteiger charge is -2.47. The third kappa shape index (κ3) is 2.29. The number of hydrogen-bond donors (Lipinski definition) is 2. The fraction of sp³-hybridized carbons (Fsp3) is 0.308. The molecule has 1 amide bonds. The number of carboxylic acids is 1. The second kappa shape index (κ2) is 5.28. The lowest BCUT2D eigenvalue weighted by atomic mass is 10.0. The third-order valence-electron chi connectivity index (χ3n) is 3.46. The first-order valence-electron chi connectivity index (χ1n) is 6.25. The van der Waals surface area contributed by atoms with Crippen molar-refractivity contribution in [3.63, 3.8) is 0 Å². The summed E-state index contributed by atoms with van der Waals surface area (Å²) in [6.07, 6.45) is 3.60. The van der Waals surface area contributed by atoms with Crippen LogP contribution in [0.4, 0.5) is 0 Å². The van der Waals surface area contributed by atoms with Gasteiger partial charge in [-0.25, -0.2) is 9.78 Å². The van der Waals surface area contributed by atoms with Gasteiger partial charge in [0.1, 0.15) is 17.1 Å². The Morgan fingerprint density at radius 1 is 1.57 bits per heavy atom. The summed E-state index contributed by atoms with van der Waals surface area (Å²) >= 11 is 2.98. The van der Waals surface area contributed by atoms with Gasteiger partial charge in [0.25, 0.3) is 0 Å². The van der Waals surface area contributed by atoms with E-state index in [9.17, 15) is 14.7 Å². The lowest BCUT2D eigenvalue weighted by molar-refractivity contribution is -0.147. The van der Waals surface area contributed by atoms with Crippen LogP contribution >= 0.6 is 23.1 Å². The first-order chi connectivity index (χ1) is 10.0. The number of β-lactam (4-membered cyclic amide) rings is 1. The molecule has 3 heterocycles. The molecule has 0 aliphatic carbocycles. The zero-order valence-corrected chi connectivity index (χ0v) is 12.8. The third-order valence-corrected chi connectivity index (χ3v) is 5.68. The molecule has 6 nitrogen and oxygen atoms in total. The van der Waals surface area contributed by atoms with Crippen LogP contribution in [0.1, 0.15) is 10.6 Å². The normalized spacial score (nSPS) is 25.2. The second-order valence-corrected chi connectivity index (χ2v) is 6.74. The van der Waals surface area contributed by atoms with Crippen LogP contribution in [0.3, 0.4) is 0 Å². The van der Waals surface area contributed by atoms with Gasteiger partial charge in [-0.1, -0.05) is 6.08 Å². The molecule has 110 valence electrons. The number of aryl methyl sites for hydroxylation is 1. The Balaban J connectivity index is 1.95. The summed E-state index contributed by atoms with van der Waals surface area (Å²) in [6, 6.07) is -0.598. The second-order valence-electron chi connectivity index (χ2n) is 4.75. The van der Waals surface area contributed by atoms with E-state index in [1.165, 1.54) is 28.0 Å². The summed E-state index contributed by atoms with van der Waals surface area (Å²) in [6.45, 7) is 1.90. The van der Waals surface area contributed by atoms with Gasteiger partial charge in [-0.15, -0.1) is 23.1 Å². The molecule has 0 spiro atoms. The van der Waals surface area contributed by atoms with Crippen LogP contribution in [0, 0.1) is 6.92 Å². The monoisotopic (exact) mass is 323 g/mol. The number of allylic oxidation sites excluding steroid dienone is 1. The molecule has 1 aromatic rings. The molecule has 0 radical (unpaired) electrons. The number of amides is 1. The molecule has 0 bridgehead atoms. The summed E-state index contributed by atoms with van der Waals surface area (Å²) in [5.41, 5.74) is 9.01. The minimum Gasteiger partial charge on any atom is -0.477 e. The highest BCUT2D eigenvalue weighted by molar-refractivity contribution is 8.00. The Morgan fingerprint density at radius 3 is 2.95 bits per heavy atom. The van der Waals surface area contributed by atoms with Crippen molar-refractivity contribution < 1.29 is 14.7 Å². The van der Waals surface area contributed by atoms with Crippen molar-refractivity contribution >= 4 is 41.1 Å². The van der Waals surface area contributed by atoms with E-state index in [0.717, 1.165) is 10.6 Å². The van der Waals surface area contributed by atoms with Gasteiger partial charge in [0.15, 0.2) is 0 Å². The molecule has 1 fully saturated rings. The Kier molecular flexibility index (Phi) is 3.60. The minimum atomic E-state index is -1.10. The van der Waals surface area contributed by atoms with Crippen LogP contribution in [0.25, 0.3) is 6.08 Å². The predicted octanol–water partition coefficient (Wildman–Crippen LogP) is 1.05. The zero-order valence-electron chi connectivity index (χ0n) is 11.1. The maximum atomic E-state index is 11.8. The Morgan fingerprint density at radius 2 is 2.33 bits per heavy atom. The highest BCUT2D eigenvalue weighted by Gasteiger charge is 2.51. The molecule has 0 unspecified atom stereocenters. The fourth-order valence-electron chi connectivity index (χ4n) is 2.32. The molecular weight excluding hydrogens is 310 g/mol. The van der Waals surface area contributed by atoms with Crippen molar-refractivity contribution in [1.82, 2.24) is 9.88 Å². The van der Waals surface area contributed by atoms with Gasteiger partial charge in [-0.2, -0.15) is 0 Å². The summed E-state index contributed by atoms with van der Waals surface area (Å²) < 4.78 is 0. The van der Waals surface area contributed by atoms with Crippen molar-refractivity contribution in [2.24, 2.45) is 5.73 Å². The first kappa shape index (κ1) is 14.3. The molecule has 8 heteroatoms. The maximum Gasteiger partial charge on any atom is 0.352 e. The quantitative estimate of drug-likeness (QED) is 0.807. The summed E-state index contributed by atoms with van der Waals surface area (Å²) in [7, 11) is 0. The number of nitrogens with zero attached hydrogens (tertiary/aromatic N) is 2. The van der Waals surface area contributed by atoms with Crippen molar-refractivity contribution in [3.05, 3.63) is 33.4 Å². The molecule has 0 saturated carbocycles. The predicted molar refractivity (Wildman–Crippen MR) is 81.6 cm³/mol. The smallest absolute Gasteiger partial charge is 0.352 e. The van der Waals surface area contributed by atoms with Gasteiger partial charge in [0.05, 0.1) is 11.2 Å². The number of thiazole rings is 1. The average Bonchev–Trinajstić information content (AvgIpc) is 2.88. The molecule has 1 aromatic heterocycles. The van der Waals surface area contributed by atoms with Gasteiger partial charge < -0.3 is 10.8 Å². The van der Waals surface area contributed by atoms with Crippen LogP contribution < -0.4 is 5.73 Å². The van der Waals surface area contributed by atoms with E-state index in [1.807, 2.05) is 13.0 Å². The lowest BCUT2D eigenvalue weighted by Crippen LogP contribution is -2.68.